The third kappa shape index (κ3) is 9.10. The standard InChI is InChI=1S/C26H37N3O2.2CH2O2/c1-26(2,19-30)18-27(3)16-22-9-10-24-23-13-21(15-29(24)25(22)31)14-28(17-23)12-11-20-7-5-4-6-8-20;2*2-1-3/h4-10,21,23,30H,11-19H2,1-3H3;2*1H,(H,2,3)/t21-,23+;;/m0../s1. The number of hydrogen-bond donors (Lipinski definition) is 3. The van der Waals surface area contributed by atoms with Crippen LogP contribution in [0.5, 0.6) is 0 Å². The van der Waals surface area contributed by atoms with Crippen molar-refractivity contribution in [2.75, 3.05) is 39.8 Å². The van der Waals surface area contributed by atoms with Gasteiger partial charge in [-0.15, -0.1) is 0 Å². The summed E-state index contributed by atoms with van der Waals surface area (Å²) in [4.78, 5) is 34.7. The zero-order valence-electron chi connectivity index (χ0n) is 22.1. The van der Waals surface area contributed by atoms with Gasteiger partial charge in [0.1, 0.15) is 0 Å². The molecule has 0 spiro atoms. The second kappa shape index (κ2) is 14.7. The van der Waals surface area contributed by atoms with Crippen molar-refractivity contribution < 1.29 is 24.9 Å². The Kier molecular flexibility index (Phi) is 12.0. The Morgan fingerprint density at radius 1 is 1.03 bits per heavy atom. The first-order chi connectivity index (χ1) is 17.7. The van der Waals surface area contributed by atoms with Crippen LogP contribution in [0.4, 0.5) is 0 Å². The molecule has 2 aliphatic heterocycles. The van der Waals surface area contributed by atoms with E-state index in [1.54, 1.807) is 0 Å². The Balaban J connectivity index is 0.000000733. The molecule has 0 radical (unpaired) electrons. The third-order valence-electron chi connectivity index (χ3n) is 6.88. The molecule has 1 fully saturated rings. The number of carboxylic acid groups (broad SMARTS) is 2. The number of pyridine rings is 1. The van der Waals surface area contributed by atoms with Crippen LogP contribution in [-0.4, -0.2) is 82.5 Å². The number of piperidine rings is 1. The molecule has 1 saturated heterocycles. The molecule has 0 unspecified atom stereocenters. The lowest BCUT2D eigenvalue weighted by Crippen LogP contribution is -2.48. The molecule has 9 heteroatoms. The summed E-state index contributed by atoms with van der Waals surface area (Å²) in [6.07, 6.45) is 2.29. The summed E-state index contributed by atoms with van der Waals surface area (Å²) in [6, 6.07) is 15.0. The van der Waals surface area contributed by atoms with Crippen molar-refractivity contribution in [1.29, 1.82) is 0 Å². The minimum atomic E-state index is -0.250. The fourth-order valence-electron chi connectivity index (χ4n) is 5.45. The topological polar surface area (TPSA) is 123 Å². The minimum Gasteiger partial charge on any atom is -0.483 e. The van der Waals surface area contributed by atoms with Crippen LogP contribution in [0.25, 0.3) is 0 Å². The normalized spacial score (nSPS) is 18.5. The number of benzene rings is 1. The molecule has 1 aromatic heterocycles. The lowest BCUT2D eigenvalue weighted by Gasteiger charge is -2.43. The van der Waals surface area contributed by atoms with E-state index in [4.69, 9.17) is 19.8 Å². The maximum Gasteiger partial charge on any atom is 0.290 e. The van der Waals surface area contributed by atoms with Gasteiger partial charge in [0.25, 0.3) is 18.5 Å². The molecular weight excluding hydrogens is 474 g/mol. The van der Waals surface area contributed by atoms with Crippen LogP contribution >= 0.6 is 0 Å². The Hall–Kier alpha value is -3.01. The number of aromatic nitrogens is 1. The first kappa shape index (κ1) is 30.2. The molecule has 9 nitrogen and oxygen atoms in total. The lowest BCUT2D eigenvalue weighted by atomic mass is 9.83. The van der Waals surface area contributed by atoms with Crippen molar-refractivity contribution in [3.05, 3.63) is 69.6 Å². The number of hydrogen-bond acceptors (Lipinski definition) is 6. The third-order valence-corrected chi connectivity index (χ3v) is 6.88. The second-order valence-electron chi connectivity index (χ2n) is 10.7. The summed E-state index contributed by atoms with van der Waals surface area (Å²) in [5.74, 6) is 1.01. The molecular formula is C28H41N3O6. The van der Waals surface area contributed by atoms with Gasteiger partial charge >= 0.3 is 0 Å². The quantitative estimate of drug-likeness (QED) is 0.458. The smallest absolute Gasteiger partial charge is 0.290 e. The van der Waals surface area contributed by atoms with Gasteiger partial charge in [0.05, 0.1) is 0 Å². The largest absolute Gasteiger partial charge is 0.483 e. The average molecular weight is 516 g/mol. The zero-order chi connectivity index (χ0) is 27.4. The number of likely N-dealkylation sites (tertiary alicyclic amines) is 1. The van der Waals surface area contributed by atoms with E-state index in [0.717, 1.165) is 44.7 Å². The van der Waals surface area contributed by atoms with Crippen LogP contribution in [0.15, 0.2) is 47.3 Å². The first-order valence-electron chi connectivity index (χ1n) is 12.6. The molecule has 2 aromatic rings. The zero-order valence-corrected chi connectivity index (χ0v) is 22.1. The van der Waals surface area contributed by atoms with Crippen molar-refractivity contribution in [2.24, 2.45) is 11.3 Å². The van der Waals surface area contributed by atoms with Gasteiger partial charge in [-0.3, -0.25) is 14.4 Å². The second-order valence-corrected chi connectivity index (χ2v) is 10.7. The molecule has 0 amide bonds. The molecule has 3 heterocycles. The van der Waals surface area contributed by atoms with Crippen LogP contribution in [0, 0.1) is 11.3 Å². The molecule has 2 atom stereocenters. The number of rotatable bonds is 8. The maximum absolute atomic E-state index is 13.3. The Labute approximate surface area is 219 Å². The van der Waals surface area contributed by atoms with Crippen LogP contribution < -0.4 is 5.56 Å². The van der Waals surface area contributed by atoms with Gasteiger partial charge in [-0.05, 0) is 37.4 Å². The highest BCUT2D eigenvalue weighted by molar-refractivity contribution is 5.33. The van der Waals surface area contributed by atoms with Crippen molar-refractivity contribution >= 4 is 12.9 Å². The monoisotopic (exact) mass is 515 g/mol. The van der Waals surface area contributed by atoms with E-state index < -0.39 is 0 Å². The van der Waals surface area contributed by atoms with Gasteiger partial charge in [0, 0.05) is 68.5 Å². The van der Waals surface area contributed by atoms with Gasteiger partial charge in [-0.2, -0.15) is 0 Å². The number of carbonyl (C=O) groups is 2. The summed E-state index contributed by atoms with van der Waals surface area (Å²) in [7, 11) is 2.03. The number of aliphatic hydroxyl groups is 1. The van der Waals surface area contributed by atoms with Crippen LogP contribution in [0.2, 0.25) is 0 Å². The molecule has 4 rings (SSSR count). The summed E-state index contributed by atoms with van der Waals surface area (Å²) >= 11 is 0. The summed E-state index contributed by atoms with van der Waals surface area (Å²) < 4.78 is 2.06. The van der Waals surface area contributed by atoms with E-state index in [1.165, 1.54) is 17.7 Å². The van der Waals surface area contributed by atoms with Crippen molar-refractivity contribution in [3.8, 4) is 0 Å². The van der Waals surface area contributed by atoms with E-state index in [0.29, 0.717) is 18.4 Å². The fraction of sp³-hybridized carbons (Fsp3) is 0.536. The SMILES string of the molecule is CN(Cc1ccc2n(c1=O)C[C@H]1C[C@@H]2CN(CCc2ccccc2)C1)CC(C)(C)CO.O=CO.O=CO. The maximum atomic E-state index is 13.3. The molecule has 204 valence electrons. The van der Waals surface area contributed by atoms with Crippen LogP contribution in [-0.2, 0) is 29.1 Å². The van der Waals surface area contributed by atoms with E-state index >= 15 is 0 Å². The van der Waals surface area contributed by atoms with E-state index in [1.807, 2.05) is 27.0 Å². The Morgan fingerprint density at radius 3 is 2.30 bits per heavy atom. The fourth-order valence-corrected chi connectivity index (χ4v) is 5.45. The highest BCUT2D eigenvalue weighted by Crippen LogP contribution is 2.35. The summed E-state index contributed by atoms with van der Waals surface area (Å²) in [5, 5.41) is 23.3. The predicted octanol–water partition coefficient (Wildman–Crippen LogP) is 2.36. The van der Waals surface area contributed by atoms with Crippen molar-refractivity contribution in [2.45, 2.75) is 45.7 Å². The number of nitrogens with zero attached hydrogens (tertiary/aromatic N) is 3. The molecule has 37 heavy (non-hydrogen) atoms. The van der Waals surface area contributed by atoms with Gasteiger partial charge < -0.3 is 29.7 Å². The molecule has 3 N–H and O–H groups in total. The molecule has 0 saturated carbocycles. The molecule has 0 aliphatic carbocycles. The summed E-state index contributed by atoms with van der Waals surface area (Å²) in [6.45, 7) is 9.19. The average Bonchev–Trinajstić information content (AvgIpc) is 2.86. The highest BCUT2D eigenvalue weighted by Gasteiger charge is 2.34. The van der Waals surface area contributed by atoms with Gasteiger partial charge in [0.15, 0.2) is 0 Å². The van der Waals surface area contributed by atoms with Gasteiger partial charge in [-0.25, -0.2) is 0 Å². The van der Waals surface area contributed by atoms with E-state index in [-0.39, 0.29) is 30.5 Å². The summed E-state index contributed by atoms with van der Waals surface area (Å²) in [5.41, 5.74) is 3.49. The highest BCUT2D eigenvalue weighted by atomic mass is 16.3. The molecule has 2 bridgehead atoms. The number of fused-ring (bicyclic) bond motifs is 4. The first-order valence-corrected chi connectivity index (χ1v) is 12.6. The van der Waals surface area contributed by atoms with Gasteiger partial charge in [-0.1, -0.05) is 50.2 Å². The van der Waals surface area contributed by atoms with E-state index in [9.17, 15) is 9.90 Å². The van der Waals surface area contributed by atoms with E-state index in [2.05, 4.69) is 50.8 Å². The Bertz CT molecular complexity index is 1030. The van der Waals surface area contributed by atoms with Crippen LogP contribution in [0.3, 0.4) is 0 Å². The lowest BCUT2D eigenvalue weighted by molar-refractivity contribution is -0.123. The number of aliphatic hydroxyl groups excluding tert-OH is 1. The minimum absolute atomic E-state index is 0.143. The Morgan fingerprint density at radius 2 is 1.68 bits per heavy atom. The molecule has 2 aliphatic rings. The molecule has 1 aromatic carbocycles. The van der Waals surface area contributed by atoms with Gasteiger partial charge in [0.2, 0.25) is 0 Å². The van der Waals surface area contributed by atoms with Crippen LogP contribution in [0.1, 0.15) is 43.0 Å². The van der Waals surface area contributed by atoms with Crippen molar-refractivity contribution in [1.82, 2.24) is 14.4 Å². The van der Waals surface area contributed by atoms with Crippen molar-refractivity contribution in [3.63, 3.8) is 0 Å². The predicted molar refractivity (Wildman–Crippen MR) is 143 cm³/mol.